The van der Waals surface area contributed by atoms with Crippen molar-refractivity contribution in [3.05, 3.63) is 0 Å². The van der Waals surface area contributed by atoms with Gasteiger partial charge in [-0.1, -0.05) is 0 Å². The summed E-state index contributed by atoms with van der Waals surface area (Å²) in [5, 5.41) is 15.8. The van der Waals surface area contributed by atoms with Gasteiger partial charge in [0.15, 0.2) is 5.96 Å². The zero-order chi connectivity index (χ0) is 15.9. The molecule has 0 aromatic carbocycles. The average molecular weight is 301 g/mol. The second kappa shape index (κ2) is 13.6. The molecule has 0 aromatic heterocycles. The third kappa shape index (κ3) is 13.4. The number of hydrogen-bond donors (Lipinski definition) is 7. The Hall–Kier alpha value is -1.38. The van der Waals surface area contributed by atoms with Crippen LogP contribution in [0.2, 0.25) is 0 Å². The number of nitrogens with two attached hydrogens (primary N) is 3. The van der Waals surface area contributed by atoms with Crippen LogP contribution in [0.15, 0.2) is 0 Å². The fourth-order valence-electron chi connectivity index (χ4n) is 1.75. The van der Waals surface area contributed by atoms with Crippen molar-refractivity contribution in [2.75, 3.05) is 32.7 Å². The van der Waals surface area contributed by atoms with E-state index in [1.165, 1.54) is 0 Å². The molecule has 0 aliphatic heterocycles. The molecule has 10 N–H and O–H groups in total. The SMILES string of the molecule is N=C(N)NCCC[C@@H](N)C(=O)NCCCCNCCCN. The van der Waals surface area contributed by atoms with E-state index in [0.717, 1.165) is 32.4 Å². The Labute approximate surface area is 127 Å². The lowest BCUT2D eigenvalue weighted by Gasteiger charge is -2.12. The van der Waals surface area contributed by atoms with Gasteiger partial charge in [-0.05, 0) is 51.7 Å². The molecule has 0 unspecified atom stereocenters. The van der Waals surface area contributed by atoms with Gasteiger partial charge in [-0.25, -0.2) is 0 Å². The van der Waals surface area contributed by atoms with Gasteiger partial charge in [-0.15, -0.1) is 0 Å². The number of nitrogens with one attached hydrogen (secondary N) is 4. The highest BCUT2D eigenvalue weighted by Gasteiger charge is 2.11. The van der Waals surface area contributed by atoms with Crippen LogP contribution in [0.4, 0.5) is 0 Å². The zero-order valence-corrected chi connectivity index (χ0v) is 12.8. The number of guanidine groups is 1. The summed E-state index contributed by atoms with van der Waals surface area (Å²) in [6.45, 7) is 3.81. The fraction of sp³-hybridized carbons (Fsp3) is 0.846. The molecule has 124 valence electrons. The van der Waals surface area contributed by atoms with E-state index in [-0.39, 0.29) is 11.9 Å². The molecule has 0 aliphatic carbocycles. The zero-order valence-electron chi connectivity index (χ0n) is 12.8. The molecule has 1 amide bonds. The smallest absolute Gasteiger partial charge is 0.236 e. The Bertz CT molecular complexity index is 286. The molecule has 0 fully saturated rings. The number of carbonyl (C=O) groups excluding carboxylic acids is 1. The molecule has 0 saturated carbocycles. The van der Waals surface area contributed by atoms with E-state index in [0.29, 0.717) is 32.5 Å². The molecular formula is C13H31N7O. The van der Waals surface area contributed by atoms with Crippen molar-refractivity contribution in [3.63, 3.8) is 0 Å². The molecule has 0 aromatic rings. The lowest BCUT2D eigenvalue weighted by Crippen LogP contribution is -2.41. The van der Waals surface area contributed by atoms with E-state index in [4.69, 9.17) is 22.6 Å². The average Bonchev–Trinajstić information content (AvgIpc) is 2.45. The van der Waals surface area contributed by atoms with E-state index in [1.54, 1.807) is 0 Å². The van der Waals surface area contributed by atoms with Gasteiger partial charge >= 0.3 is 0 Å². The summed E-state index contributed by atoms with van der Waals surface area (Å²) in [4.78, 5) is 11.7. The number of amides is 1. The molecule has 8 heteroatoms. The Balaban J connectivity index is 3.41. The van der Waals surface area contributed by atoms with E-state index in [1.807, 2.05) is 0 Å². The fourth-order valence-corrected chi connectivity index (χ4v) is 1.75. The first kappa shape index (κ1) is 19.6. The maximum atomic E-state index is 11.7. The monoisotopic (exact) mass is 301 g/mol. The molecular weight excluding hydrogens is 270 g/mol. The van der Waals surface area contributed by atoms with Gasteiger partial charge in [0.1, 0.15) is 0 Å². The summed E-state index contributed by atoms with van der Waals surface area (Å²) < 4.78 is 0. The van der Waals surface area contributed by atoms with Gasteiger partial charge in [0.25, 0.3) is 0 Å². The van der Waals surface area contributed by atoms with Crippen molar-refractivity contribution in [1.29, 1.82) is 5.41 Å². The second-order valence-corrected chi connectivity index (χ2v) is 4.98. The van der Waals surface area contributed by atoms with Gasteiger partial charge in [0, 0.05) is 13.1 Å². The van der Waals surface area contributed by atoms with E-state index >= 15 is 0 Å². The lowest BCUT2D eigenvalue weighted by atomic mass is 10.1. The predicted molar refractivity (Wildman–Crippen MR) is 85.9 cm³/mol. The molecule has 21 heavy (non-hydrogen) atoms. The van der Waals surface area contributed by atoms with Gasteiger partial charge < -0.3 is 33.2 Å². The normalized spacial score (nSPS) is 11.9. The van der Waals surface area contributed by atoms with Gasteiger partial charge in [0.05, 0.1) is 6.04 Å². The van der Waals surface area contributed by atoms with Crippen LogP contribution in [0.3, 0.4) is 0 Å². The number of unbranched alkanes of at least 4 members (excludes halogenated alkanes) is 1. The molecule has 8 nitrogen and oxygen atoms in total. The molecule has 0 spiro atoms. The Kier molecular flexibility index (Phi) is 12.7. The molecule has 0 radical (unpaired) electrons. The first-order valence-electron chi connectivity index (χ1n) is 7.60. The van der Waals surface area contributed by atoms with Crippen molar-refractivity contribution in [2.45, 2.75) is 38.1 Å². The number of carbonyl (C=O) groups is 1. The topological polar surface area (TPSA) is 155 Å². The van der Waals surface area contributed by atoms with Crippen LogP contribution in [0, 0.1) is 5.41 Å². The largest absolute Gasteiger partial charge is 0.370 e. The van der Waals surface area contributed by atoms with Crippen LogP contribution < -0.4 is 33.2 Å². The van der Waals surface area contributed by atoms with Gasteiger partial charge in [0.2, 0.25) is 5.91 Å². The highest BCUT2D eigenvalue weighted by molar-refractivity contribution is 5.81. The third-order valence-electron chi connectivity index (χ3n) is 2.98. The highest BCUT2D eigenvalue weighted by atomic mass is 16.2. The van der Waals surface area contributed by atoms with E-state index in [2.05, 4.69) is 16.0 Å². The quantitative estimate of drug-likeness (QED) is 0.124. The molecule has 0 rings (SSSR count). The summed E-state index contributed by atoms with van der Waals surface area (Å²) in [6, 6.07) is -0.499. The summed E-state index contributed by atoms with van der Waals surface area (Å²) in [5.41, 5.74) is 16.3. The second-order valence-electron chi connectivity index (χ2n) is 4.98. The molecule has 0 saturated heterocycles. The summed E-state index contributed by atoms with van der Waals surface area (Å²) in [6.07, 6.45) is 4.22. The van der Waals surface area contributed by atoms with Crippen LogP contribution in [0.1, 0.15) is 32.1 Å². The van der Waals surface area contributed by atoms with Crippen LogP contribution in [0.5, 0.6) is 0 Å². The summed E-state index contributed by atoms with van der Waals surface area (Å²) >= 11 is 0. The molecule has 0 heterocycles. The molecule has 0 bridgehead atoms. The van der Waals surface area contributed by atoms with Crippen molar-refractivity contribution in [2.24, 2.45) is 17.2 Å². The van der Waals surface area contributed by atoms with Crippen molar-refractivity contribution < 1.29 is 4.79 Å². The Morgan fingerprint density at radius 1 is 1.00 bits per heavy atom. The van der Waals surface area contributed by atoms with E-state index < -0.39 is 6.04 Å². The van der Waals surface area contributed by atoms with E-state index in [9.17, 15) is 4.79 Å². The lowest BCUT2D eigenvalue weighted by molar-refractivity contribution is -0.122. The number of rotatable bonds is 13. The Morgan fingerprint density at radius 2 is 1.62 bits per heavy atom. The summed E-state index contributed by atoms with van der Waals surface area (Å²) in [5.74, 6) is -0.179. The minimum absolute atomic E-state index is 0.0619. The van der Waals surface area contributed by atoms with Crippen LogP contribution in [0.25, 0.3) is 0 Å². The maximum absolute atomic E-state index is 11.7. The summed E-state index contributed by atoms with van der Waals surface area (Å²) in [7, 11) is 0. The van der Waals surface area contributed by atoms with Gasteiger partial charge in [-0.2, -0.15) is 0 Å². The predicted octanol–water partition coefficient (Wildman–Crippen LogP) is -1.59. The first-order chi connectivity index (χ1) is 10.1. The standard InChI is InChI=1S/C13H31N7O/c14-6-4-8-18-7-1-2-9-19-12(21)11(15)5-3-10-20-13(16)17/h11,18H,1-10,14-15H2,(H,19,21)(H4,16,17,20)/t11-/m1/s1. The van der Waals surface area contributed by atoms with Crippen LogP contribution in [-0.2, 0) is 4.79 Å². The van der Waals surface area contributed by atoms with Crippen LogP contribution >= 0.6 is 0 Å². The molecule has 1 atom stereocenters. The van der Waals surface area contributed by atoms with Crippen LogP contribution in [-0.4, -0.2) is 50.6 Å². The van der Waals surface area contributed by atoms with Gasteiger partial charge in [-0.3, -0.25) is 10.2 Å². The molecule has 0 aliphatic rings. The van der Waals surface area contributed by atoms with Crippen molar-refractivity contribution in [3.8, 4) is 0 Å². The first-order valence-corrected chi connectivity index (χ1v) is 7.60. The highest BCUT2D eigenvalue weighted by Crippen LogP contribution is 1.94. The van der Waals surface area contributed by atoms with Crippen molar-refractivity contribution in [1.82, 2.24) is 16.0 Å². The number of hydrogen-bond acceptors (Lipinski definition) is 5. The minimum atomic E-state index is -0.499. The third-order valence-corrected chi connectivity index (χ3v) is 2.98. The minimum Gasteiger partial charge on any atom is -0.370 e. The van der Waals surface area contributed by atoms with Crippen molar-refractivity contribution >= 4 is 11.9 Å². The maximum Gasteiger partial charge on any atom is 0.236 e. The Morgan fingerprint density at radius 3 is 2.29 bits per heavy atom.